The van der Waals surface area contributed by atoms with Crippen molar-refractivity contribution < 1.29 is 4.79 Å². The van der Waals surface area contributed by atoms with E-state index in [0.717, 1.165) is 0 Å². The number of hydrogen-bond acceptors (Lipinski definition) is 3. The van der Waals surface area contributed by atoms with Gasteiger partial charge in [-0.15, -0.1) is 0 Å². The van der Waals surface area contributed by atoms with Crippen LogP contribution in [-0.2, 0) is 11.3 Å². The standard InChI is InChI=1S/C13H11Cl2N3O2/c14-8-5-9(15)13(10(16)6-8)17-11(19)7-18-4-2-1-3-12(18)20/h1-6H,7,16H2,(H,17,19). The number of rotatable bonds is 3. The summed E-state index contributed by atoms with van der Waals surface area (Å²) in [7, 11) is 0. The van der Waals surface area contributed by atoms with Crippen molar-refractivity contribution in [2.24, 2.45) is 0 Å². The van der Waals surface area contributed by atoms with Gasteiger partial charge < -0.3 is 15.6 Å². The molecule has 2 aromatic rings. The number of hydrogen-bond donors (Lipinski definition) is 2. The van der Waals surface area contributed by atoms with E-state index in [2.05, 4.69) is 5.32 Å². The Morgan fingerprint density at radius 2 is 2.05 bits per heavy atom. The monoisotopic (exact) mass is 311 g/mol. The third kappa shape index (κ3) is 3.31. The second kappa shape index (κ2) is 5.98. The molecule has 0 spiro atoms. The van der Waals surface area contributed by atoms with Crippen LogP contribution in [0.15, 0.2) is 41.3 Å². The summed E-state index contributed by atoms with van der Waals surface area (Å²) in [5.74, 6) is -0.408. The van der Waals surface area contributed by atoms with E-state index < -0.39 is 5.91 Å². The fourth-order valence-corrected chi connectivity index (χ4v) is 2.21. The number of carbonyl (C=O) groups excluding carboxylic acids is 1. The summed E-state index contributed by atoms with van der Waals surface area (Å²) in [6, 6.07) is 7.60. The van der Waals surface area contributed by atoms with Crippen LogP contribution >= 0.6 is 23.2 Å². The van der Waals surface area contributed by atoms with Gasteiger partial charge in [-0.25, -0.2) is 0 Å². The van der Waals surface area contributed by atoms with Gasteiger partial charge in [0.2, 0.25) is 5.91 Å². The molecule has 1 heterocycles. The van der Waals surface area contributed by atoms with Crippen LogP contribution < -0.4 is 16.6 Å². The largest absolute Gasteiger partial charge is 0.397 e. The second-order valence-electron chi connectivity index (χ2n) is 4.07. The van der Waals surface area contributed by atoms with E-state index in [1.54, 1.807) is 12.1 Å². The van der Waals surface area contributed by atoms with Crippen LogP contribution in [0.5, 0.6) is 0 Å². The minimum absolute atomic E-state index is 0.127. The number of halogens is 2. The van der Waals surface area contributed by atoms with E-state index in [1.165, 1.54) is 29.0 Å². The molecule has 5 nitrogen and oxygen atoms in total. The number of aromatic nitrogens is 1. The summed E-state index contributed by atoms with van der Waals surface area (Å²) < 4.78 is 1.27. The zero-order valence-corrected chi connectivity index (χ0v) is 11.8. The molecule has 0 aliphatic rings. The van der Waals surface area contributed by atoms with Crippen molar-refractivity contribution in [1.29, 1.82) is 0 Å². The summed E-state index contributed by atoms with van der Waals surface area (Å²) in [5, 5.41) is 3.19. The Balaban J connectivity index is 2.17. The van der Waals surface area contributed by atoms with E-state index in [4.69, 9.17) is 28.9 Å². The molecule has 0 aliphatic heterocycles. The molecule has 104 valence electrons. The van der Waals surface area contributed by atoms with E-state index in [-0.39, 0.29) is 28.5 Å². The van der Waals surface area contributed by atoms with Crippen LogP contribution in [0.2, 0.25) is 10.0 Å². The highest BCUT2D eigenvalue weighted by Gasteiger charge is 2.11. The molecule has 2 rings (SSSR count). The highest BCUT2D eigenvalue weighted by Crippen LogP contribution is 2.31. The Kier molecular flexibility index (Phi) is 4.32. The maximum Gasteiger partial charge on any atom is 0.250 e. The lowest BCUT2D eigenvalue weighted by Gasteiger charge is -2.11. The zero-order valence-electron chi connectivity index (χ0n) is 10.3. The molecule has 3 N–H and O–H groups in total. The van der Waals surface area contributed by atoms with Crippen molar-refractivity contribution in [2.75, 3.05) is 11.1 Å². The first kappa shape index (κ1) is 14.4. The Morgan fingerprint density at radius 1 is 1.30 bits per heavy atom. The van der Waals surface area contributed by atoms with Crippen LogP contribution in [0.25, 0.3) is 0 Å². The number of pyridine rings is 1. The van der Waals surface area contributed by atoms with Gasteiger partial charge in [0.1, 0.15) is 6.54 Å². The molecule has 0 bridgehead atoms. The molecule has 0 atom stereocenters. The molecular weight excluding hydrogens is 301 g/mol. The number of nitrogen functional groups attached to an aromatic ring is 1. The molecule has 0 saturated carbocycles. The maximum atomic E-state index is 11.9. The van der Waals surface area contributed by atoms with Crippen molar-refractivity contribution >= 4 is 40.5 Å². The molecule has 0 aliphatic carbocycles. The normalized spacial score (nSPS) is 10.3. The van der Waals surface area contributed by atoms with Gasteiger partial charge in [-0.3, -0.25) is 9.59 Å². The summed E-state index contributed by atoms with van der Waals surface area (Å²) >= 11 is 11.8. The second-order valence-corrected chi connectivity index (χ2v) is 4.91. The topological polar surface area (TPSA) is 77.1 Å². The fraction of sp³-hybridized carbons (Fsp3) is 0.0769. The number of carbonyl (C=O) groups is 1. The van der Waals surface area contributed by atoms with E-state index in [1.807, 2.05) is 0 Å². The van der Waals surface area contributed by atoms with Gasteiger partial charge >= 0.3 is 0 Å². The van der Waals surface area contributed by atoms with Gasteiger partial charge in [0.25, 0.3) is 5.56 Å². The van der Waals surface area contributed by atoms with E-state index >= 15 is 0 Å². The van der Waals surface area contributed by atoms with Crippen molar-refractivity contribution in [1.82, 2.24) is 4.57 Å². The fourth-order valence-electron chi connectivity index (χ4n) is 1.65. The summed E-state index contributed by atoms with van der Waals surface area (Å²) in [4.78, 5) is 23.4. The number of nitrogens with two attached hydrogens (primary N) is 1. The predicted octanol–water partition coefficient (Wildman–Crippen LogP) is 2.38. The van der Waals surface area contributed by atoms with Crippen molar-refractivity contribution in [3.05, 3.63) is 56.9 Å². The zero-order chi connectivity index (χ0) is 14.7. The van der Waals surface area contributed by atoms with Gasteiger partial charge in [0.05, 0.1) is 16.4 Å². The smallest absolute Gasteiger partial charge is 0.250 e. The molecule has 1 amide bonds. The molecule has 1 aromatic carbocycles. The first-order chi connectivity index (χ1) is 9.47. The highest BCUT2D eigenvalue weighted by atomic mass is 35.5. The Hall–Kier alpha value is -1.98. The Morgan fingerprint density at radius 3 is 2.70 bits per heavy atom. The third-order valence-corrected chi connectivity index (χ3v) is 3.08. The first-order valence-electron chi connectivity index (χ1n) is 5.67. The Labute approximate surface area is 124 Å². The third-order valence-electron chi connectivity index (χ3n) is 2.56. The number of amides is 1. The molecule has 0 radical (unpaired) electrons. The van der Waals surface area contributed by atoms with Crippen LogP contribution in [-0.4, -0.2) is 10.5 Å². The lowest BCUT2D eigenvalue weighted by atomic mass is 10.2. The first-order valence-corrected chi connectivity index (χ1v) is 6.43. The van der Waals surface area contributed by atoms with E-state index in [0.29, 0.717) is 5.02 Å². The minimum atomic E-state index is -0.408. The average molecular weight is 312 g/mol. The maximum absolute atomic E-state index is 11.9. The van der Waals surface area contributed by atoms with Crippen molar-refractivity contribution in [2.45, 2.75) is 6.54 Å². The van der Waals surface area contributed by atoms with Crippen LogP contribution in [0, 0.1) is 0 Å². The number of nitrogens with one attached hydrogen (secondary N) is 1. The lowest BCUT2D eigenvalue weighted by Crippen LogP contribution is -2.26. The van der Waals surface area contributed by atoms with Crippen LogP contribution in [0.3, 0.4) is 0 Å². The molecule has 7 heteroatoms. The van der Waals surface area contributed by atoms with Crippen LogP contribution in [0.1, 0.15) is 0 Å². The van der Waals surface area contributed by atoms with Gasteiger partial charge in [-0.2, -0.15) is 0 Å². The molecule has 1 aromatic heterocycles. The van der Waals surface area contributed by atoms with Gasteiger partial charge in [-0.1, -0.05) is 29.3 Å². The molecule has 0 saturated heterocycles. The lowest BCUT2D eigenvalue weighted by molar-refractivity contribution is -0.116. The average Bonchev–Trinajstić information content (AvgIpc) is 2.36. The van der Waals surface area contributed by atoms with Gasteiger partial charge in [0, 0.05) is 17.3 Å². The quantitative estimate of drug-likeness (QED) is 0.854. The van der Waals surface area contributed by atoms with Crippen LogP contribution in [0.4, 0.5) is 11.4 Å². The van der Waals surface area contributed by atoms with Gasteiger partial charge in [-0.05, 0) is 18.2 Å². The molecular formula is C13H11Cl2N3O2. The SMILES string of the molecule is Nc1cc(Cl)cc(Cl)c1NC(=O)Cn1ccccc1=O. The number of benzene rings is 1. The summed E-state index contributed by atoms with van der Waals surface area (Å²) in [5.41, 5.74) is 6.02. The summed E-state index contributed by atoms with van der Waals surface area (Å²) in [6.07, 6.45) is 1.52. The number of anilines is 2. The highest BCUT2D eigenvalue weighted by molar-refractivity contribution is 6.37. The Bertz CT molecular complexity index is 690. The van der Waals surface area contributed by atoms with E-state index in [9.17, 15) is 9.59 Å². The minimum Gasteiger partial charge on any atom is -0.397 e. The number of nitrogens with zero attached hydrogens (tertiary/aromatic N) is 1. The predicted molar refractivity (Wildman–Crippen MR) is 80.2 cm³/mol. The molecule has 0 fully saturated rings. The van der Waals surface area contributed by atoms with Crippen molar-refractivity contribution in [3.63, 3.8) is 0 Å². The molecule has 0 unspecified atom stereocenters. The molecule has 20 heavy (non-hydrogen) atoms. The van der Waals surface area contributed by atoms with Gasteiger partial charge in [0.15, 0.2) is 0 Å². The van der Waals surface area contributed by atoms with Crippen molar-refractivity contribution in [3.8, 4) is 0 Å². The summed E-state index contributed by atoms with van der Waals surface area (Å²) in [6.45, 7) is -0.127.